The monoisotopic (exact) mass is 408 g/mol. The first-order valence-electron chi connectivity index (χ1n) is 9.90. The van der Waals surface area contributed by atoms with Crippen LogP contribution in [-0.2, 0) is 14.3 Å². The summed E-state index contributed by atoms with van der Waals surface area (Å²) in [6, 6.07) is 0.476. The summed E-state index contributed by atoms with van der Waals surface area (Å²) in [6.45, 7) is 3.08. The van der Waals surface area contributed by atoms with Crippen LogP contribution in [0.3, 0.4) is 0 Å². The Morgan fingerprint density at radius 1 is 1.18 bits per heavy atom. The third-order valence-corrected chi connectivity index (χ3v) is 5.89. The summed E-state index contributed by atoms with van der Waals surface area (Å²) in [5.74, 6) is -0.126. The number of nitrogens with zero attached hydrogens (tertiary/aromatic N) is 4. The van der Waals surface area contributed by atoms with Gasteiger partial charge in [0.2, 0.25) is 11.8 Å². The normalized spacial score (nSPS) is 26.5. The molecule has 0 aromatic carbocycles. The van der Waals surface area contributed by atoms with Gasteiger partial charge in [-0.2, -0.15) is 0 Å². The molecule has 4 rings (SSSR count). The van der Waals surface area contributed by atoms with E-state index in [4.69, 9.17) is 21.1 Å². The number of piperidine rings is 1. The van der Waals surface area contributed by atoms with E-state index in [9.17, 15) is 9.59 Å². The Labute approximate surface area is 169 Å². The second kappa shape index (κ2) is 8.61. The zero-order valence-electron chi connectivity index (χ0n) is 15.8. The van der Waals surface area contributed by atoms with Crippen LogP contribution in [0.25, 0.3) is 0 Å². The van der Waals surface area contributed by atoms with Crippen molar-refractivity contribution in [2.45, 2.75) is 44.2 Å². The summed E-state index contributed by atoms with van der Waals surface area (Å²) in [5.41, 5.74) is 0. The van der Waals surface area contributed by atoms with Gasteiger partial charge >= 0.3 is 6.01 Å². The van der Waals surface area contributed by atoms with E-state index in [1.54, 1.807) is 0 Å². The largest absolute Gasteiger partial charge is 0.458 e. The van der Waals surface area contributed by atoms with Gasteiger partial charge in [-0.25, -0.2) is 9.97 Å². The molecule has 0 spiro atoms. The lowest BCUT2D eigenvalue weighted by Gasteiger charge is -2.34. The predicted molar refractivity (Wildman–Crippen MR) is 101 cm³/mol. The van der Waals surface area contributed by atoms with Crippen LogP contribution in [-0.4, -0.2) is 76.6 Å². The van der Waals surface area contributed by atoms with Crippen LogP contribution in [0.2, 0.25) is 5.02 Å². The van der Waals surface area contributed by atoms with Crippen molar-refractivity contribution in [2.24, 2.45) is 5.92 Å². The number of rotatable bonds is 4. The number of aromatic nitrogens is 2. The van der Waals surface area contributed by atoms with Crippen LogP contribution in [0, 0.1) is 5.92 Å². The van der Waals surface area contributed by atoms with Gasteiger partial charge in [-0.1, -0.05) is 11.6 Å². The minimum Gasteiger partial charge on any atom is -0.458 e. The zero-order chi connectivity index (χ0) is 19.5. The third kappa shape index (κ3) is 4.38. The Bertz CT molecular complexity index is 710. The number of carbonyl (C=O) groups excluding carboxylic acids is 2. The first-order chi connectivity index (χ1) is 13.6. The standard InChI is InChI=1S/C19H25ClN4O4/c20-14-9-21-19(22-10-14)28-16-2-1-5-23(12-16)18(26)13-8-17(25)24(11-13)15-3-6-27-7-4-15/h9-10,13,15-16H,1-8,11-12H2. The number of hydrogen-bond acceptors (Lipinski definition) is 6. The maximum Gasteiger partial charge on any atom is 0.316 e. The maximum absolute atomic E-state index is 13.0. The number of hydrogen-bond donors (Lipinski definition) is 0. The van der Waals surface area contributed by atoms with E-state index >= 15 is 0 Å². The van der Waals surface area contributed by atoms with E-state index in [-0.39, 0.29) is 35.9 Å². The minimum absolute atomic E-state index is 0.0493. The highest BCUT2D eigenvalue weighted by molar-refractivity contribution is 6.30. The Morgan fingerprint density at radius 3 is 2.68 bits per heavy atom. The fraction of sp³-hybridized carbons (Fsp3) is 0.684. The Balaban J connectivity index is 1.33. The Hall–Kier alpha value is -1.93. The van der Waals surface area contributed by atoms with Gasteiger partial charge in [-0.05, 0) is 25.7 Å². The van der Waals surface area contributed by atoms with Crippen molar-refractivity contribution in [3.63, 3.8) is 0 Å². The quantitative estimate of drug-likeness (QED) is 0.751. The van der Waals surface area contributed by atoms with E-state index in [1.165, 1.54) is 12.4 Å². The molecule has 0 bridgehead atoms. The molecule has 2 unspecified atom stereocenters. The molecule has 9 heteroatoms. The van der Waals surface area contributed by atoms with E-state index in [0.29, 0.717) is 44.3 Å². The molecule has 152 valence electrons. The van der Waals surface area contributed by atoms with Gasteiger partial charge in [0.15, 0.2) is 0 Å². The fourth-order valence-electron chi connectivity index (χ4n) is 4.25. The molecule has 4 heterocycles. The van der Waals surface area contributed by atoms with Crippen molar-refractivity contribution < 1.29 is 19.1 Å². The molecule has 0 aliphatic carbocycles. The third-order valence-electron chi connectivity index (χ3n) is 5.70. The molecule has 2 atom stereocenters. The van der Waals surface area contributed by atoms with Gasteiger partial charge in [0.1, 0.15) is 6.10 Å². The number of amides is 2. The summed E-state index contributed by atoms with van der Waals surface area (Å²) in [4.78, 5) is 37.3. The second-order valence-corrected chi connectivity index (χ2v) is 8.08. The summed E-state index contributed by atoms with van der Waals surface area (Å²) in [7, 11) is 0. The number of halogens is 1. The van der Waals surface area contributed by atoms with Crippen molar-refractivity contribution in [3.05, 3.63) is 17.4 Å². The topological polar surface area (TPSA) is 84.9 Å². The first-order valence-corrected chi connectivity index (χ1v) is 10.3. The van der Waals surface area contributed by atoms with Crippen molar-refractivity contribution in [1.82, 2.24) is 19.8 Å². The summed E-state index contributed by atoms with van der Waals surface area (Å²) in [6.07, 6.45) is 6.54. The lowest BCUT2D eigenvalue weighted by Crippen LogP contribution is -2.47. The molecular formula is C19H25ClN4O4. The molecule has 3 fully saturated rings. The number of likely N-dealkylation sites (tertiary alicyclic amines) is 2. The van der Waals surface area contributed by atoms with E-state index in [0.717, 1.165) is 25.7 Å². The van der Waals surface area contributed by atoms with Crippen molar-refractivity contribution in [1.29, 1.82) is 0 Å². The first kappa shape index (κ1) is 19.4. The molecule has 3 aliphatic heterocycles. The molecule has 2 amide bonds. The van der Waals surface area contributed by atoms with Crippen LogP contribution in [0.1, 0.15) is 32.1 Å². The molecule has 3 aliphatic rings. The molecule has 28 heavy (non-hydrogen) atoms. The molecular weight excluding hydrogens is 384 g/mol. The fourth-order valence-corrected chi connectivity index (χ4v) is 4.35. The molecule has 1 aromatic rings. The van der Waals surface area contributed by atoms with Crippen molar-refractivity contribution >= 4 is 23.4 Å². The average Bonchev–Trinajstić information content (AvgIpc) is 3.12. The summed E-state index contributed by atoms with van der Waals surface area (Å²) < 4.78 is 11.2. The van der Waals surface area contributed by atoms with Gasteiger partial charge < -0.3 is 19.3 Å². The van der Waals surface area contributed by atoms with E-state index in [1.807, 2.05) is 9.80 Å². The van der Waals surface area contributed by atoms with Crippen molar-refractivity contribution in [2.75, 3.05) is 32.8 Å². The molecule has 8 nitrogen and oxygen atoms in total. The molecule has 0 N–H and O–H groups in total. The lowest BCUT2D eigenvalue weighted by atomic mass is 10.0. The molecule has 3 saturated heterocycles. The predicted octanol–water partition coefficient (Wildman–Crippen LogP) is 1.53. The highest BCUT2D eigenvalue weighted by atomic mass is 35.5. The molecule has 0 saturated carbocycles. The van der Waals surface area contributed by atoms with Gasteiger partial charge in [0, 0.05) is 38.8 Å². The summed E-state index contributed by atoms with van der Waals surface area (Å²) in [5, 5.41) is 0.452. The van der Waals surface area contributed by atoms with Crippen LogP contribution in [0.15, 0.2) is 12.4 Å². The van der Waals surface area contributed by atoms with Gasteiger partial charge in [-0.3, -0.25) is 9.59 Å². The minimum atomic E-state index is -0.263. The van der Waals surface area contributed by atoms with Crippen LogP contribution in [0.4, 0.5) is 0 Å². The maximum atomic E-state index is 13.0. The summed E-state index contributed by atoms with van der Waals surface area (Å²) >= 11 is 5.80. The number of carbonyl (C=O) groups is 2. The lowest BCUT2D eigenvalue weighted by molar-refractivity contribution is -0.138. The highest BCUT2D eigenvalue weighted by Gasteiger charge is 2.40. The van der Waals surface area contributed by atoms with Crippen LogP contribution < -0.4 is 4.74 Å². The van der Waals surface area contributed by atoms with Gasteiger partial charge in [0.25, 0.3) is 0 Å². The zero-order valence-corrected chi connectivity index (χ0v) is 16.5. The second-order valence-electron chi connectivity index (χ2n) is 7.64. The smallest absolute Gasteiger partial charge is 0.316 e. The van der Waals surface area contributed by atoms with Crippen LogP contribution in [0.5, 0.6) is 6.01 Å². The SMILES string of the molecule is O=C(C1CC(=O)N(C2CCOCC2)C1)N1CCCC(Oc2ncc(Cl)cn2)C1. The van der Waals surface area contributed by atoms with Crippen LogP contribution >= 0.6 is 11.6 Å². The average molecular weight is 409 g/mol. The number of ether oxygens (including phenoxy) is 2. The highest BCUT2D eigenvalue weighted by Crippen LogP contribution is 2.27. The Kier molecular flexibility index (Phi) is 5.96. The van der Waals surface area contributed by atoms with E-state index in [2.05, 4.69) is 9.97 Å². The molecule has 0 radical (unpaired) electrons. The molecule has 1 aromatic heterocycles. The van der Waals surface area contributed by atoms with Gasteiger partial charge in [0.05, 0.1) is 29.9 Å². The van der Waals surface area contributed by atoms with Crippen molar-refractivity contribution in [3.8, 4) is 6.01 Å². The van der Waals surface area contributed by atoms with Gasteiger partial charge in [-0.15, -0.1) is 0 Å². The Morgan fingerprint density at radius 2 is 1.93 bits per heavy atom. The van der Waals surface area contributed by atoms with E-state index < -0.39 is 0 Å².